The van der Waals surface area contributed by atoms with Gasteiger partial charge in [0.2, 0.25) is 0 Å². The highest BCUT2D eigenvalue weighted by Gasteiger charge is 2.25. The number of phenolic OH excluding ortho intramolecular Hbond substituents is 1. The van der Waals surface area contributed by atoms with E-state index in [1.165, 1.54) is 13.1 Å². The Balaban J connectivity index is 1.77. The molecule has 3 rings (SSSR count). The van der Waals surface area contributed by atoms with Gasteiger partial charge in [0.1, 0.15) is 11.4 Å². The highest BCUT2D eigenvalue weighted by molar-refractivity contribution is 5.95. The normalized spacial score (nSPS) is 14.2. The Hall–Kier alpha value is -3.29. The number of nitro groups is 1. The summed E-state index contributed by atoms with van der Waals surface area (Å²) in [6.07, 6.45) is 0. The number of carbonyl (C=O) groups is 1. The number of carbonyl (C=O) groups excluding carboxylic acids is 1. The molecule has 0 spiro atoms. The molecular weight excluding hydrogens is 336 g/mol. The summed E-state index contributed by atoms with van der Waals surface area (Å²) in [6.45, 7) is 2.67. The second kappa shape index (κ2) is 7.30. The number of anilines is 2. The van der Waals surface area contributed by atoms with Crippen LogP contribution in [0.2, 0.25) is 0 Å². The number of phenols is 1. The molecule has 2 aromatic rings. The molecule has 1 aliphatic heterocycles. The van der Waals surface area contributed by atoms with Crippen LogP contribution in [0.5, 0.6) is 5.75 Å². The van der Waals surface area contributed by atoms with Crippen LogP contribution in [0.25, 0.3) is 0 Å². The van der Waals surface area contributed by atoms with Gasteiger partial charge in [0.15, 0.2) is 0 Å². The lowest BCUT2D eigenvalue weighted by Crippen LogP contribution is -2.46. The summed E-state index contributed by atoms with van der Waals surface area (Å²) in [6, 6.07) is 11.6. The summed E-state index contributed by atoms with van der Waals surface area (Å²) in [5.41, 5.74) is 1.73. The highest BCUT2D eigenvalue weighted by Crippen LogP contribution is 2.31. The van der Waals surface area contributed by atoms with Crippen molar-refractivity contribution in [2.45, 2.75) is 0 Å². The minimum absolute atomic E-state index is 0.0656. The minimum Gasteiger partial charge on any atom is -0.508 e. The summed E-state index contributed by atoms with van der Waals surface area (Å²) >= 11 is 0. The average Bonchev–Trinajstić information content (AvgIpc) is 2.67. The average molecular weight is 356 g/mol. The molecule has 2 N–H and O–H groups in total. The maximum absolute atomic E-state index is 11.7. The number of nitrogens with one attached hydrogen (secondary N) is 1. The Morgan fingerprint density at radius 1 is 1.08 bits per heavy atom. The van der Waals surface area contributed by atoms with Crippen molar-refractivity contribution in [3.63, 3.8) is 0 Å². The molecule has 0 radical (unpaired) electrons. The zero-order chi connectivity index (χ0) is 18.7. The number of nitrogens with zero attached hydrogens (tertiary/aromatic N) is 3. The lowest BCUT2D eigenvalue weighted by molar-refractivity contribution is -0.384. The van der Waals surface area contributed by atoms with Crippen LogP contribution in [0.15, 0.2) is 42.5 Å². The SMILES string of the molecule is CNC(=O)c1ccc(N2CCN(c3ccc(O)cc3)CC2)c([N+](=O)[O-])c1. The maximum Gasteiger partial charge on any atom is 0.293 e. The molecule has 26 heavy (non-hydrogen) atoms. The van der Waals surface area contributed by atoms with Crippen molar-refractivity contribution in [2.24, 2.45) is 0 Å². The van der Waals surface area contributed by atoms with E-state index in [0.29, 0.717) is 31.9 Å². The van der Waals surface area contributed by atoms with Crippen LogP contribution >= 0.6 is 0 Å². The zero-order valence-electron chi connectivity index (χ0n) is 14.4. The maximum atomic E-state index is 11.7. The smallest absolute Gasteiger partial charge is 0.293 e. The van der Waals surface area contributed by atoms with Crippen molar-refractivity contribution in [3.05, 3.63) is 58.1 Å². The predicted octanol–water partition coefficient (Wildman–Crippen LogP) is 1.99. The van der Waals surface area contributed by atoms with Crippen molar-refractivity contribution < 1.29 is 14.8 Å². The molecule has 8 nitrogen and oxygen atoms in total. The molecular formula is C18H20N4O4. The number of hydrogen-bond donors (Lipinski definition) is 2. The predicted molar refractivity (Wildman–Crippen MR) is 99.0 cm³/mol. The van der Waals surface area contributed by atoms with Crippen molar-refractivity contribution in [1.29, 1.82) is 0 Å². The van der Waals surface area contributed by atoms with Gasteiger partial charge in [-0.05, 0) is 36.4 Å². The first-order chi connectivity index (χ1) is 12.5. The monoisotopic (exact) mass is 356 g/mol. The number of nitro benzene ring substituents is 1. The van der Waals surface area contributed by atoms with Gasteiger partial charge in [-0.15, -0.1) is 0 Å². The first-order valence-electron chi connectivity index (χ1n) is 8.29. The Bertz CT molecular complexity index is 814. The van der Waals surface area contributed by atoms with Crippen LogP contribution in [0, 0.1) is 10.1 Å². The molecule has 0 aromatic heterocycles. The fourth-order valence-corrected chi connectivity index (χ4v) is 3.09. The van der Waals surface area contributed by atoms with Crippen molar-refractivity contribution >= 4 is 23.0 Å². The van der Waals surface area contributed by atoms with Gasteiger partial charge in [-0.1, -0.05) is 0 Å². The highest BCUT2D eigenvalue weighted by atomic mass is 16.6. The molecule has 0 atom stereocenters. The van der Waals surface area contributed by atoms with Crippen LogP contribution in [0.3, 0.4) is 0 Å². The Morgan fingerprint density at radius 3 is 2.27 bits per heavy atom. The standard InChI is InChI=1S/C18H20N4O4/c1-19-18(24)13-2-7-16(17(12-13)22(25)26)21-10-8-20(9-11-21)14-3-5-15(23)6-4-14/h2-7,12,23H,8-11H2,1H3,(H,19,24). The van der Waals surface area contributed by atoms with Gasteiger partial charge in [0.05, 0.1) is 4.92 Å². The van der Waals surface area contributed by atoms with E-state index in [1.807, 2.05) is 17.0 Å². The number of benzene rings is 2. The van der Waals surface area contributed by atoms with Crippen molar-refractivity contribution in [2.75, 3.05) is 43.0 Å². The zero-order valence-corrected chi connectivity index (χ0v) is 14.4. The second-order valence-electron chi connectivity index (χ2n) is 6.03. The largest absolute Gasteiger partial charge is 0.508 e. The van der Waals surface area contributed by atoms with Gasteiger partial charge in [-0.2, -0.15) is 0 Å². The molecule has 2 aromatic carbocycles. The first kappa shape index (κ1) is 17.5. The Morgan fingerprint density at radius 2 is 1.69 bits per heavy atom. The first-order valence-corrected chi connectivity index (χ1v) is 8.29. The van der Waals surface area contributed by atoms with Crippen LogP contribution < -0.4 is 15.1 Å². The fourth-order valence-electron chi connectivity index (χ4n) is 3.09. The molecule has 1 saturated heterocycles. The van der Waals surface area contributed by atoms with Crippen LogP contribution in [0.4, 0.5) is 17.1 Å². The third-order valence-corrected chi connectivity index (χ3v) is 4.50. The lowest BCUT2D eigenvalue weighted by atomic mass is 10.1. The van der Waals surface area contributed by atoms with E-state index in [1.54, 1.807) is 24.3 Å². The molecule has 1 heterocycles. The summed E-state index contributed by atoms with van der Waals surface area (Å²) < 4.78 is 0. The van der Waals surface area contributed by atoms with E-state index in [9.17, 15) is 20.0 Å². The third kappa shape index (κ3) is 3.53. The van der Waals surface area contributed by atoms with Crippen LogP contribution in [-0.2, 0) is 0 Å². The van der Waals surface area contributed by atoms with E-state index in [0.717, 1.165) is 5.69 Å². The molecule has 8 heteroatoms. The van der Waals surface area contributed by atoms with E-state index in [2.05, 4.69) is 10.2 Å². The second-order valence-corrected chi connectivity index (χ2v) is 6.03. The van der Waals surface area contributed by atoms with E-state index in [-0.39, 0.29) is 22.9 Å². The molecule has 0 saturated carbocycles. The van der Waals surface area contributed by atoms with E-state index >= 15 is 0 Å². The van der Waals surface area contributed by atoms with Crippen LogP contribution in [-0.4, -0.2) is 49.2 Å². The van der Waals surface area contributed by atoms with Gasteiger partial charge in [-0.25, -0.2) is 0 Å². The molecule has 1 aliphatic rings. The van der Waals surface area contributed by atoms with Gasteiger partial charge >= 0.3 is 0 Å². The number of hydrogen-bond acceptors (Lipinski definition) is 6. The Kier molecular flexibility index (Phi) is 4.92. The quantitative estimate of drug-likeness (QED) is 0.642. The van der Waals surface area contributed by atoms with E-state index in [4.69, 9.17) is 0 Å². The summed E-state index contributed by atoms with van der Waals surface area (Å²) in [5.74, 6) is -0.129. The Labute approximate surface area is 150 Å². The molecule has 1 fully saturated rings. The van der Waals surface area contributed by atoms with Gasteiger partial charge in [0, 0.05) is 50.5 Å². The minimum atomic E-state index is -0.450. The summed E-state index contributed by atoms with van der Waals surface area (Å²) in [4.78, 5) is 26.9. The molecule has 0 bridgehead atoms. The van der Waals surface area contributed by atoms with Gasteiger partial charge in [0.25, 0.3) is 11.6 Å². The topological polar surface area (TPSA) is 99.0 Å². The van der Waals surface area contributed by atoms with Crippen molar-refractivity contribution in [3.8, 4) is 5.75 Å². The fraction of sp³-hybridized carbons (Fsp3) is 0.278. The number of rotatable bonds is 4. The lowest BCUT2D eigenvalue weighted by Gasteiger charge is -2.37. The summed E-state index contributed by atoms with van der Waals surface area (Å²) in [7, 11) is 1.49. The van der Waals surface area contributed by atoms with Crippen LogP contribution in [0.1, 0.15) is 10.4 Å². The number of aromatic hydroxyl groups is 1. The van der Waals surface area contributed by atoms with Gasteiger partial charge < -0.3 is 20.2 Å². The molecule has 136 valence electrons. The molecule has 0 unspecified atom stereocenters. The van der Waals surface area contributed by atoms with E-state index < -0.39 is 4.92 Å². The van der Waals surface area contributed by atoms with Gasteiger partial charge in [-0.3, -0.25) is 14.9 Å². The van der Waals surface area contributed by atoms with Crippen molar-refractivity contribution in [1.82, 2.24) is 5.32 Å². The summed E-state index contributed by atoms with van der Waals surface area (Å²) in [5, 5.41) is 23.3. The molecule has 0 aliphatic carbocycles. The third-order valence-electron chi connectivity index (χ3n) is 4.50. The number of piperazine rings is 1. The molecule has 1 amide bonds. The number of amides is 1.